The molecular formula is C25H21N3O3. The number of hydrogen-bond donors (Lipinski definition) is 1. The zero-order valence-corrected chi connectivity index (χ0v) is 16.9. The highest BCUT2D eigenvalue weighted by molar-refractivity contribution is 5.92. The fraction of sp³-hybridized carbons (Fsp3) is 0.200. The standard InChI is InChI=1S/C25H21N3O3/c26-15-18-13-17(3-6-23(18)30-20-8-11-29-12-9-20)21-7-10-28-22-14-24(31-25(21)22)16-1-4-19(27)5-2-16/h1-7,10,13-14,20H,8-9,11-12,27H2. The first-order chi connectivity index (χ1) is 15.2. The Morgan fingerprint density at radius 3 is 2.55 bits per heavy atom. The third-order valence-corrected chi connectivity index (χ3v) is 5.48. The highest BCUT2D eigenvalue weighted by atomic mass is 16.5. The molecule has 0 bridgehead atoms. The van der Waals surface area contributed by atoms with Gasteiger partial charge in [-0.25, -0.2) is 0 Å². The molecule has 31 heavy (non-hydrogen) atoms. The molecule has 0 radical (unpaired) electrons. The summed E-state index contributed by atoms with van der Waals surface area (Å²) in [5.41, 5.74) is 11.1. The number of nitrogen functional groups attached to an aromatic ring is 1. The number of nitriles is 1. The van der Waals surface area contributed by atoms with Gasteiger partial charge in [-0.1, -0.05) is 6.07 Å². The van der Waals surface area contributed by atoms with Crippen LogP contribution in [0, 0.1) is 11.3 Å². The van der Waals surface area contributed by atoms with Gasteiger partial charge < -0.3 is 19.6 Å². The summed E-state index contributed by atoms with van der Waals surface area (Å²) >= 11 is 0. The van der Waals surface area contributed by atoms with Gasteiger partial charge in [0.25, 0.3) is 0 Å². The third-order valence-electron chi connectivity index (χ3n) is 5.48. The summed E-state index contributed by atoms with van der Waals surface area (Å²) in [6.07, 6.45) is 3.49. The molecule has 0 saturated carbocycles. The van der Waals surface area contributed by atoms with E-state index in [0.29, 0.717) is 35.8 Å². The number of furan rings is 1. The summed E-state index contributed by atoms with van der Waals surface area (Å²) in [6, 6.07) is 19.3. The molecule has 2 aromatic heterocycles. The van der Waals surface area contributed by atoms with Crippen LogP contribution in [-0.2, 0) is 4.74 Å². The van der Waals surface area contributed by atoms with Crippen molar-refractivity contribution in [1.29, 1.82) is 5.26 Å². The Morgan fingerprint density at radius 2 is 1.77 bits per heavy atom. The molecule has 0 atom stereocenters. The summed E-state index contributed by atoms with van der Waals surface area (Å²) in [6.45, 7) is 1.38. The second-order valence-corrected chi connectivity index (χ2v) is 7.56. The normalized spacial score (nSPS) is 14.4. The molecule has 6 nitrogen and oxygen atoms in total. The summed E-state index contributed by atoms with van der Waals surface area (Å²) in [5.74, 6) is 1.32. The summed E-state index contributed by atoms with van der Waals surface area (Å²) in [4.78, 5) is 4.45. The van der Waals surface area contributed by atoms with Crippen LogP contribution in [0.3, 0.4) is 0 Å². The average molecular weight is 411 g/mol. The molecule has 2 aromatic carbocycles. The topological polar surface area (TPSA) is 94.3 Å². The fourth-order valence-electron chi connectivity index (χ4n) is 3.82. The van der Waals surface area contributed by atoms with Gasteiger partial charge in [0.05, 0.1) is 18.8 Å². The van der Waals surface area contributed by atoms with Crippen LogP contribution in [-0.4, -0.2) is 24.3 Å². The van der Waals surface area contributed by atoms with Crippen LogP contribution in [0.5, 0.6) is 5.75 Å². The van der Waals surface area contributed by atoms with Crippen LogP contribution < -0.4 is 10.5 Å². The molecule has 1 aliphatic heterocycles. The number of nitrogens with two attached hydrogens (primary N) is 1. The van der Waals surface area contributed by atoms with Gasteiger partial charge in [0.1, 0.15) is 29.2 Å². The van der Waals surface area contributed by atoms with E-state index in [4.69, 9.17) is 19.6 Å². The number of fused-ring (bicyclic) bond motifs is 1. The highest BCUT2D eigenvalue weighted by Crippen LogP contribution is 2.35. The smallest absolute Gasteiger partial charge is 0.161 e. The first kappa shape index (κ1) is 19.2. The van der Waals surface area contributed by atoms with Gasteiger partial charge in [0.2, 0.25) is 0 Å². The van der Waals surface area contributed by atoms with Gasteiger partial charge in [-0.3, -0.25) is 4.98 Å². The minimum atomic E-state index is 0.0758. The number of ether oxygens (including phenoxy) is 2. The lowest BCUT2D eigenvalue weighted by Crippen LogP contribution is -2.26. The molecular weight excluding hydrogens is 390 g/mol. The van der Waals surface area contributed by atoms with E-state index in [1.54, 1.807) is 6.20 Å². The Bertz CT molecular complexity index is 1270. The van der Waals surface area contributed by atoms with Crippen molar-refractivity contribution in [3.8, 4) is 34.3 Å². The van der Waals surface area contributed by atoms with E-state index in [2.05, 4.69) is 11.1 Å². The van der Waals surface area contributed by atoms with Crippen molar-refractivity contribution in [1.82, 2.24) is 4.98 Å². The molecule has 4 aromatic rings. The SMILES string of the molecule is N#Cc1cc(-c2ccnc3cc(-c4ccc(N)cc4)oc23)ccc1OC1CCOCC1. The van der Waals surface area contributed by atoms with Crippen molar-refractivity contribution in [2.75, 3.05) is 18.9 Å². The maximum Gasteiger partial charge on any atom is 0.161 e. The maximum atomic E-state index is 9.71. The van der Waals surface area contributed by atoms with Crippen LogP contribution in [0.2, 0.25) is 0 Å². The predicted molar refractivity (Wildman–Crippen MR) is 118 cm³/mol. The van der Waals surface area contributed by atoms with Crippen LogP contribution in [0.25, 0.3) is 33.6 Å². The van der Waals surface area contributed by atoms with Crippen molar-refractivity contribution in [2.24, 2.45) is 0 Å². The van der Waals surface area contributed by atoms with Crippen LogP contribution >= 0.6 is 0 Å². The molecule has 0 spiro atoms. The Kier molecular flexibility index (Phi) is 5.03. The number of benzene rings is 2. The molecule has 1 saturated heterocycles. The fourth-order valence-corrected chi connectivity index (χ4v) is 3.82. The van der Waals surface area contributed by atoms with Crippen LogP contribution in [0.15, 0.2) is 65.2 Å². The van der Waals surface area contributed by atoms with E-state index >= 15 is 0 Å². The molecule has 0 amide bonds. The van der Waals surface area contributed by atoms with E-state index in [1.165, 1.54) is 0 Å². The molecule has 6 heteroatoms. The number of anilines is 1. The Morgan fingerprint density at radius 1 is 1.00 bits per heavy atom. The van der Waals surface area contributed by atoms with Crippen molar-refractivity contribution >= 4 is 16.8 Å². The Labute approximate surface area is 179 Å². The van der Waals surface area contributed by atoms with Crippen LogP contribution in [0.1, 0.15) is 18.4 Å². The van der Waals surface area contributed by atoms with E-state index in [-0.39, 0.29) is 6.10 Å². The maximum absolute atomic E-state index is 9.71. The minimum absolute atomic E-state index is 0.0758. The largest absolute Gasteiger partial charge is 0.489 e. The first-order valence-electron chi connectivity index (χ1n) is 10.2. The van der Waals surface area contributed by atoms with Gasteiger partial charge >= 0.3 is 0 Å². The van der Waals surface area contributed by atoms with E-state index in [0.717, 1.165) is 40.8 Å². The van der Waals surface area contributed by atoms with Crippen LogP contribution in [0.4, 0.5) is 5.69 Å². The number of rotatable bonds is 4. The van der Waals surface area contributed by atoms with Gasteiger partial charge in [0, 0.05) is 41.9 Å². The van der Waals surface area contributed by atoms with E-state index in [1.807, 2.05) is 54.6 Å². The zero-order valence-electron chi connectivity index (χ0n) is 16.9. The number of aromatic nitrogens is 1. The van der Waals surface area contributed by atoms with Gasteiger partial charge in [0.15, 0.2) is 5.58 Å². The molecule has 154 valence electrons. The lowest BCUT2D eigenvalue weighted by molar-refractivity contribution is 0.0254. The average Bonchev–Trinajstić information content (AvgIpc) is 3.25. The third kappa shape index (κ3) is 3.83. The molecule has 0 unspecified atom stereocenters. The summed E-state index contributed by atoms with van der Waals surface area (Å²) in [7, 11) is 0. The number of hydrogen-bond acceptors (Lipinski definition) is 6. The molecule has 1 fully saturated rings. The van der Waals surface area contributed by atoms with E-state index < -0.39 is 0 Å². The predicted octanol–water partition coefficient (Wildman–Crippen LogP) is 5.17. The lowest BCUT2D eigenvalue weighted by atomic mass is 10.0. The highest BCUT2D eigenvalue weighted by Gasteiger charge is 2.18. The monoisotopic (exact) mass is 411 g/mol. The molecule has 3 heterocycles. The Balaban J connectivity index is 1.51. The van der Waals surface area contributed by atoms with Crippen molar-refractivity contribution < 1.29 is 13.9 Å². The lowest BCUT2D eigenvalue weighted by Gasteiger charge is -2.23. The van der Waals surface area contributed by atoms with Gasteiger partial charge in [-0.05, 0) is 48.0 Å². The summed E-state index contributed by atoms with van der Waals surface area (Å²) < 4.78 is 17.6. The number of pyridine rings is 1. The van der Waals surface area contributed by atoms with Crippen molar-refractivity contribution in [3.05, 3.63) is 66.4 Å². The zero-order chi connectivity index (χ0) is 21.2. The van der Waals surface area contributed by atoms with Crippen molar-refractivity contribution in [3.63, 3.8) is 0 Å². The second-order valence-electron chi connectivity index (χ2n) is 7.56. The van der Waals surface area contributed by atoms with Gasteiger partial charge in [-0.15, -0.1) is 0 Å². The van der Waals surface area contributed by atoms with Gasteiger partial charge in [-0.2, -0.15) is 5.26 Å². The molecule has 2 N–H and O–H groups in total. The number of nitrogens with zero attached hydrogens (tertiary/aromatic N) is 2. The second kappa shape index (κ2) is 8.13. The molecule has 1 aliphatic rings. The molecule has 5 rings (SSSR count). The Hall–Kier alpha value is -3.82. The quantitative estimate of drug-likeness (QED) is 0.465. The first-order valence-corrected chi connectivity index (χ1v) is 10.2. The van der Waals surface area contributed by atoms with E-state index in [9.17, 15) is 5.26 Å². The van der Waals surface area contributed by atoms with Crippen molar-refractivity contribution in [2.45, 2.75) is 18.9 Å². The minimum Gasteiger partial charge on any atom is -0.489 e. The summed E-state index contributed by atoms with van der Waals surface area (Å²) in [5, 5.41) is 9.71. The molecule has 0 aliphatic carbocycles.